The number of benzene rings is 1. The molecule has 2 aromatic rings. The van der Waals surface area contributed by atoms with Crippen molar-refractivity contribution in [2.24, 2.45) is 0 Å². The number of hydrogen-bond donors (Lipinski definition) is 1. The summed E-state index contributed by atoms with van der Waals surface area (Å²) >= 11 is 0. The molecule has 0 radical (unpaired) electrons. The van der Waals surface area contributed by atoms with E-state index in [4.69, 9.17) is 14.2 Å². The lowest BCUT2D eigenvalue weighted by molar-refractivity contribution is 0.0526. The Hall–Kier alpha value is -2.76. The summed E-state index contributed by atoms with van der Waals surface area (Å²) in [7, 11) is 0. The molecule has 0 saturated carbocycles. The normalized spacial score (nSPS) is 12.6. The number of carbonyl (C=O) groups is 1. The fourth-order valence-corrected chi connectivity index (χ4v) is 2.07. The summed E-state index contributed by atoms with van der Waals surface area (Å²) in [5.74, 6) is 1.70. The van der Waals surface area contributed by atoms with Crippen molar-refractivity contribution in [1.29, 1.82) is 0 Å². The van der Waals surface area contributed by atoms with Gasteiger partial charge >= 0.3 is 5.97 Å². The third-order valence-corrected chi connectivity index (χ3v) is 3.09. The van der Waals surface area contributed by atoms with Gasteiger partial charge in [0.05, 0.1) is 12.2 Å². The predicted octanol–water partition coefficient (Wildman–Crippen LogP) is 2.77. The van der Waals surface area contributed by atoms with Crippen molar-refractivity contribution in [3.63, 3.8) is 0 Å². The molecule has 0 fully saturated rings. The monoisotopic (exact) mass is 300 g/mol. The minimum atomic E-state index is -0.374. The number of nitrogens with zero attached hydrogens (tertiary/aromatic N) is 1. The van der Waals surface area contributed by atoms with Crippen molar-refractivity contribution < 1.29 is 19.0 Å². The second-order valence-corrected chi connectivity index (χ2v) is 4.64. The van der Waals surface area contributed by atoms with Crippen LogP contribution < -0.4 is 14.8 Å². The number of aromatic nitrogens is 1. The molecule has 0 amide bonds. The number of rotatable bonds is 4. The van der Waals surface area contributed by atoms with Gasteiger partial charge in [0.15, 0.2) is 11.5 Å². The van der Waals surface area contributed by atoms with Gasteiger partial charge in [0.25, 0.3) is 0 Å². The molecule has 1 aliphatic rings. The number of nitrogens with one attached hydrogen (secondary N) is 1. The lowest BCUT2D eigenvalue weighted by Crippen LogP contribution is -2.15. The van der Waals surface area contributed by atoms with Crippen LogP contribution in [0.4, 0.5) is 11.5 Å². The van der Waals surface area contributed by atoms with Crippen LogP contribution in [-0.4, -0.2) is 30.8 Å². The zero-order chi connectivity index (χ0) is 15.4. The van der Waals surface area contributed by atoms with Gasteiger partial charge in [-0.1, -0.05) is 0 Å². The van der Waals surface area contributed by atoms with Crippen LogP contribution >= 0.6 is 0 Å². The van der Waals surface area contributed by atoms with Crippen molar-refractivity contribution in [1.82, 2.24) is 4.98 Å². The summed E-state index contributed by atoms with van der Waals surface area (Å²) in [6, 6.07) is 8.99. The number of carbonyl (C=O) groups excluding carboxylic acids is 1. The fraction of sp³-hybridized carbons (Fsp3) is 0.250. The number of esters is 1. The van der Waals surface area contributed by atoms with Gasteiger partial charge < -0.3 is 19.5 Å². The van der Waals surface area contributed by atoms with Gasteiger partial charge in [0, 0.05) is 18.0 Å². The Balaban J connectivity index is 1.72. The third-order valence-electron chi connectivity index (χ3n) is 3.09. The highest BCUT2D eigenvalue weighted by atomic mass is 16.6. The standard InChI is InChI=1S/C16H16N2O4/c1-2-20-16(19)11-3-6-15(17-10-11)18-12-4-5-13-14(9-12)22-8-7-21-13/h3-6,9-10H,2,7-8H2,1H3,(H,17,18). The first-order chi connectivity index (χ1) is 10.8. The van der Waals surface area contributed by atoms with E-state index in [0.29, 0.717) is 37.0 Å². The van der Waals surface area contributed by atoms with Crippen molar-refractivity contribution in [2.75, 3.05) is 25.1 Å². The van der Waals surface area contributed by atoms with Gasteiger partial charge in [-0.2, -0.15) is 0 Å². The number of fused-ring (bicyclic) bond motifs is 1. The molecule has 114 valence electrons. The van der Waals surface area contributed by atoms with Crippen molar-refractivity contribution in [3.05, 3.63) is 42.1 Å². The number of hydrogen-bond acceptors (Lipinski definition) is 6. The smallest absolute Gasteiger partial charge is 0.339 e. The van der Waals surface area contributed by atoms with E-state index in [1.165, 1.54) is 6.20 Å². The average molecular weight is 300 g/mol. The molecular formula is C16H16N2O4. The van der Waals surface area contributed by atoms with Gasteiger partial charge in [0.1, 0.15) is 19.0 Å². The quantitative estimate of drug-likeness (QED) is 0.876. The Morgan fingerprint density at radius 1 is 1.23 bits per heavy atom. The van der Waals surface area contributed by atoms with Gasteiger partial charge in [-0.3, -0.25) is 0 Å². The van der Waals surface area contributed by atoms with Crippen LogP contribution in [0, 0.1) is 0 Å². The maximum atomic E-state index is 11.6. The third kappa shape index (κ3) is 3.11. The summed E-state index contributed by atoms with van der Waals surface area (Å²) in [5.41, 5.74) is 1.26. The predicted molar refractivity (Wildman–Crippen MR) is 80.9 cm³/mol. The van der Waals surface area contributed by atoms with Gasteiger partial charge in [-0.25, -0.2) is 9.78 Å². The Kier molecular flexibility index (Phi) is 4.09. The molecule has 0 unspecified atom stereocenters. The highest BCUT2D eigenvalue weighted by Gasteiger charge is 2.12. The molecule has 2 heterocycles. The topological polar surface area (TPSA) is 69.7 Å². The van der Waals surface area contributed by atoms with E-state index in [1.807, 2.05) is 18.2 Å². The highest BCUT2D eigenvalue weighted by molar-refractivity contribution is 5.89. The summed E-state index contributed by atoms with van der Waals surface area (Å²) in [6.07, 6.45) is 1.48. The molecule has 1 N–H and O–H groups in total. The van der Waals surface area contributed by atoms with Gasteiger partial charge in [-0.05, 0) is 31.2 Å². The van der Waals surface area contributed by atoms with E-state index in [-0.39, 0.29) is 5.97 Å². The SMILES string of the molecule is CCOC(=O)c1ccc(Nc2ccc3c(c2)OCCO3)nc1. The van der Waals surface area contributed by atoms with Crippen LogP contribution in [0.2, 0.25) is 0 Å². The molecule has 1 aromatic heterocycles. The highest BCUT2D eigenvalue weighted by Crippen LogP contribution is 2.33. The van der Waals surface area contributed by atoms with Gasteiger partial charge in [-0.15, -0.1) is 0 Å². The van der Waals surface area contributed by atoms with E-state index < -0.39 is 0 Å². The first kappa shape index (κ1) is 14.2. The molecule has 6 nitrogen and oxygen atoms in total. The Morgan fingerprint density at radius 3 is 2.77 bits per heavy atom. The average Bonchev–Trinajstić information content (AvgIpc) is 2.56. The largest absolute Gasteiger partial charge is 0.486 e. The minimum absolute atomic E-state index is 0.343. The molecule has 0 aliphatic carbocycles. The van der Waals surface area contributed by atoms with E-state index in [9.17, 15) is 4.79 Å². The Morgan fingerprint density at radius 2 is 2.05 bits per heavy atom. The lowest BCUT2D eigenvalue weighted by atomic mass is 10.2. The summed E-state index contributed by atoms with van der Waals surface area (Å²) in [6.45, 7) is 3.22. The first-order valence-electron chi connectivity index (χ1n) is 7.06. The molecule has 0 saturated heterocycles. The maximum absolute atomic E-state index is 11.6. The Bertz CT molecular complexity index is 670. The van der Waals surface area contributed by atoms with E-state index in [2.05, 4.69) is 10.3 Å². The first-order valence-corrected chi connectivity index (χ1v) is 7.06. The van der Waals surface area contributed by atoms with E-state index in [1.54, 1.807) is 19.1 Å². The summed E-state index contributed by atoms with van der Waals surface area (Å²) < 4.78 is 15.9. The minimum Gasteiger partial charge on any atom is -0.486 e. The van der Waals surface area contributed by atoms with Crippen LogP contribution in [0.5, 0.6) is 11.5 Å². The summed E-state index contributed by atoms with van der Waals surface area (Å²) in [4.78, 5) is 15.8. The zero-order valence-electron chi connectivity index (χ0n) is 12.2. The van der Waals surface area contributed by atoms with Crippen molar-refractivity contribution >= 4 is 17.5 Å². The molecular weight excluding hydrogens is 284 g/mol. The molecule has 1 aliphatic heterocycles. The molecule has 0 atom stereocenters. The molecule has 0 bridgehead atoms. The zero-order valence-corrected chi connectivity index (χ0v) is 12.2. The second-order valence-electron chi connectivity index (χ2n) is 4.64. The van der Waals surface area contributed by atoms with Crippen molar-refractivity contribution in [3.8, 4) is 11.5 Å². The number of pyridine rings is 1. The number of anilines is 2. The molecule has 6 heteroatoms. The number of ether oxygens (including phenoxy) is 3. The van der Waals surface area contributed by atoms with Crippen molar-refractivity contribution in [2.45, 2.75) is 6.92 Å². The second kappa shape index (κ2) is 6.34. The summed E-state index contributed by atoms with van der Waals surface area (Å²) in [5, 5.41) is 3.15. The van der Waals surface area contributed by atoms with Gasteiger partial charge in [0.2, 0.25) is 0 Å². The lowest BCUT2D eigenvalue weighted by Gasteiger charge is -2.19. The van der Waals surface area contributed by atoms with E-state index in [0.717, 1.165) is 11.4 Å². The van der Waals surface area contributed by atoms with Crippen LogP contribution in [0.15, 0.2) is 36.5 Å². The molecule has 3 rings (SSSR count). The fourth-order valence-electron chi connectivity index (χ4n) is 2.07. The van der Waals surface area contributed by atoms with Crippen LogP contribution in [0.25, 0.3) is 0 Å². The Labute approximate surface area is 128 Å². The van der Waals surface area contributed by atoms with Crippen LogP contribution in [-0.2, 0) is 4.74 Å². The maximum Gasteiger partial charge on any atom is 0.339 e. The van der Waals surface area contributed by atoms with Crippen LogP contribution in [0.3, 0.4) is 0 Å². The van der Waals surface area contributed by atoms with E-state index >= 15 is 0 Å². The van der Waals surface area contributed by atoms with Crippen LogP contribution in [0.1, 0.15) is 17.3 Å². The molecule has 1 aromatic carbocycles. The molecule has 0 spiro atoms. The molecule has 22 heavy (non-hydrogen) atoms.